The van der Waals surface area contributed by atoms with E-state index in [2.05, 4.69) is 10.6 Å². The maximum atomic E-state index is 11.5. The number of benzene rings is 2. The Kier molecular flexibility index (Phi) is 5.69. The molecule has 4 nitrogen and oxygen atoms in total. The third kappa shape index (κ3) is 4.41. The summed E-state index contributed by atoms with van der Waals surface area (Å²) in [7, 11) is 1.62. The van der Waals surface area contributed by atoms with Crippen LogP contribution in [0.5, 0.6) is 0 Å². The predicted octanol–water partition coefficient (Wildman–Crippen LogP) is 2.18. The number of amides is 1. The molecule has 0 aliphatic rings. The summed E-state index contributed by atoms with van der Waals surface area (Å²) in [6.07, 6.45) is -0.523. The van der Waals surface area contributed by atoms with Gasteiger partial charge < -0.3 is 15.7 Å². The molecule has 0 aliphatic carbocycles. The Balaban J connectivity index is 1.84. The van der Waals surface area contributed by atoms with E-state index in [1.165, 1.54) is 0 Å². The molecule has 0 aliphatic heterocycles. The average molecular weight is 298 g/mol. The number of aliphatic hydroxyl groups is 1. The highest BCUT2D eigenvalue weighted by Crippen LogP contribution is 2.13. The van der Waals surface area contributed by atoms with Crippen molar-refractivity contribution in [1.82, 2.24) is 10.6 Å². The molecular formula is C18H22N2O2. The fourth-order valence-electron chi connectivity index (χ4n) is 2.27. The Labute approximate surface area is 131 Å². The van der Waals surface area contributed by atoms with Gasteiger partial charge >= 0.3 is 0 Å². The summed E-state index contributed by atoms with van der Waals surface area (Å²) < 4.78 is 0. The summed E-state index contributed by atoms with van der Waals surface area (Å²) >= 11 is 0. The van der Waals surface area contributed by atoms with Crippen LogP contribution in [0, 0.1) is 6.92 Å². The highest BCUT2D eigenvalue weighted by atomic mass is 16.3. The minimum absolute atomic E-state index is 0.0885. The largest absolute Gasteiger partial charge is 0.387 e. The maximum absolute atomic E-state index is 11.5. The number of carbonyl (C=O) groups excluding carboxylic acids is 1. The van der Waals surface area contributed by atoms with Crippen molar-refractivity contribution in [3.8, 4) is 0 Å². The quantitative estimate of drug-likeness (QED) is 0.766. The molecule has 0 heterocycles. The molecule has 1 atom stereocenters. The molecule has 4 heteroatoms. The van der Waals surface area contributed by atoms with E-state index in [0.717, 1.165) is 16.7 Å². The molecule has 1 amide bonds. The third-order valence-corrected chi connectivity index (χ3v) is 3.54. The molecule has 0 radical (unpaired) electrons. The molecule has 2 aromatic carbocycles. The van der Waals surface area contributed by atoms with Gasteiger partial charge in [0.25, 0.3) is 5.91 Å². The molecular weight excluding hydrogens is 276 g/mol. The minimum Gasteiger partial charge on any atom is -0.387 e. The van der Waals surface area contributed by atoms with Crippen molar-refractivity contribution in [2.45, 2.75) is 19.6 Å². The van der Waals surface area contributed by atoms with Crippen molar-refractivity contribution in [2.24, 2.45) is 0 Å². The number of aliphatic hydroxyl groups excluding tert-OH is 1. The van der Waals surface area contributed by atoms with Crippen molar-refractivity contribution in [2.75, 3.05) is 13.6 Å². The molecule has 1 unspecified atom stereocenters. The molecule has 0 fully saturated rings. The zero-order chi connectivity index (χ0) is 15.9. The zero-order valence-corrected chi connectivity index (χ0v) is 13.0. The molecule has 22 heavy (non-hydrogen) atoms. The lowest BCUT2D eigenvalue weighted by atomic mass is 10.1. The zero-order valence-electron chi connectivity index (χ0n) is 13.0. The lowest BCUT2D eigenvalue weighted by Crippen LogP contribution is -2.21. The summed E-state index contributed by atoms with van der Waals surface area (Å²) in [5.41, 5.74) is 3.78. The topological polar surface area (TPSA) is 61.4 Å². The van der Waals surface area contributed by atoms with Crippen LogP contribution in [0.1, 0.15) is 33.2 Å². The van der Waals surface area contributed by atoms with Gasteiger partial charge in [0.1, 0.15) is 0 Å². The van der Waals surface area contributed by atoms with Crippen molar-refractivity contribution >= 4 is 5.91 Å². The Bertz CT molecular complexity index is 623. The molecule has 3 N–H and O–H groups in total. The smallest absolute Gasteiger partial charge is 0.251 e. The number of rotatable bonds is 6. The Hall–Kier alpha value is -2.17. The van der Waals surface area contributed by atoms with Gasteiger partial charge in [0.05, 0.1) is 6.10 Å². The van der Waals surface area contributed by atoms with Gasteiger partial charge in [-0.1, -0.05) is 42.0 Å². The number of hydrogen-bond donors (Lipinski definition) is 3. The van der Waals surface area contributed by atoms with E-state index in [9.17, 15) is 9.90 Å². The van der Waals surface area contributed by atoms with Gasteiger partial charge in [-0.25, -0.2) is 0 Å². The van der Waals surface area contributed by atoms with Crippen LogP contribution in [-0.4, -0.2) is 24.6 Å². The fraction of sp³-hybridized carbons (Fsp3) is 0.278. The van der Waals surface area contributed by atoms with E-state index in [1.54, 1.807) is 19.2 Å². The van der Waals surface area contributed by atoms with Crippen LogP contribution < -0.4 is 10.6 Å². The Morgan fingerprint density at radius 2 is 1.91 bits per heavy atom. The molecule has 0 aromatic heterocycles. The van der Waals surface area contributed by atoms with E-state index in [0.29, 0.717) is 18.7 Å². The van der Waals surface area contributed by atoms with Crippen LogP contribution in [0.3, 0.4) is 0 Å². The summed E-state index contributed by atoms with van der Waals surface area (Å²) in [5.74, 6) is -0.0885. The average Bonchev–Trinajstić information content (AvgIpc) is 2.54. The van der Waals surface area contributed by atoms with Crippen LogP contribution in [-0.2, 0) is 6.54 Å². The summed E-state index contributed by atoms with van der Waals surface area (Å²) in [4.78, 5) is 11.5. The predicted molar refractivity (Wildman–Crippen MR) is 87.7 cm³/mol. The van der Waals surface area contributed by atoms with Crippen LogP contribution in [0.15, 0.2) is 48.5 Å². The first-order valence-electron chi connectivity index (χ1n) is 7.36. The minimum atomic E-state index is -0.523. The fourth-order valence-corrected chi connectivity index (χ4v) is 2.27. The van der Waals surface area contributed by atoms with Crippen LogP contribution in [0.25, 0.3) is 0 Å². The first kappa shape index (κ1) is 16.2. The lowest BCUT2D eigenvalue weighted by molar-refractivity contribution is 0.0963. The maximum Gasteiger partial charge on any atom is 0.251 e. The number of nitrogens with one attached hydrogen (secondary N) is 2. The molecule has 116 valence electrons. The first-order chi connectivity index (χ1) is 10.6. The SMILES string of the molecule is CNC(=O)c1ccc(CNCC(O)c2cccc(C)c2)cc1. The third-order valence-electron chi connectivity index (χ3n) is 3.54. The summed E-state index contributed by atoms with van der Waals surface area (Å²) in [5, 5.41) is 16.0. The van der Waals surface area contributed by atoms with Gasteiger partial charge in [0.15, 0.2) is 0 Å². The van der Waals surface area contributed by atoms with Gasteiger partial charge in [0, 0.05) is 25.7 Å². The highest BCUT2D eigenvalue weighted by Gasteiger charge is 2.07. The number of aryl methyl sites for hydroxylation is 1. The van der Waals surface area contributed by atoms with Crippen LogP contribution >= 0.6 is 0 Å². The van der Waals surface area contributed by atoms with E-state index in [-0.39, 0.29) is 5.91 Å². The van der Waals surface area contributed by atoms with Crippen molar-refractivity contribution in [1.29, 1.82) is 0 Å². The molecule has 2 aromatic rings. The molecule has 2 rings (SSSR count). The van der Waals surface area contributed by atoms with Crippen molar-refractivity contribution in [3.63, 3.8) is 0 Å². The van der Waals surface area contributed by atoms with Gasteiger partial charge in [0.2, 0.25) is 0 Å². The molecule has 0 saturated carbocycles. The van der Waals surface area contributed by atoms with Gasteiger partial charge in [-0.05, 0) is 30.2 Å². The standard InChI is InChI=1S/C18H22N2O2/c1-13-4-3-5-16(10-13)17(21)12-20-11-14-6-8-15(9-7-14)18(22)19-2/h3-10,17,20-21H,11-12H2,1-2H3,(H,19,22). The van der Waals surface area contributed by atoms with E-state index in [4.69, 9.17) is 0 Å². The van der Waals surface area contributed by atoms with Crippen LogP contribution in [0.2, 0.25) is 0 Å². The van der Waals surface area contributed by atoms with Crippen LogP contribution in [0.4, 0.5) is 0 Å². The molecule has 0 spiro atoms. The molecule has 0 bridgehead atoms. The van der Waals surface area contributed by atoms with E-state index >= 15 is 0 Å². The lowest BCUT2D eigenvalue weighted by Gasteiger charge is -2.13. The highest BCUT2D eigenvalue weighted by molar-refractivity contribution is 5.93. The molecule has 0 saturated heterocycles. The Morgan fingerprint density at radius 1 is 1.18 bits per heavy atom. The van der Waals surface area contributed by atoms with E-state index < -0.39 is 6.10 Å². The number of carbonyl (C=O) groups is 1. The Morgan fingerprint density at radius 3 is 2.55 bits per heavy atom. The van der Waals surface area contributed by atoms with Gasteiger partial charge in [-0.3, -0.25) is 4.79 Å². The number of hydrogen-bond acceptors (Lipinski definition) is 3. The van der Waals surface area contributed by atoms with Crippen molar-refractivity contribution < 1.29 is 9.90 Å². The first-order valence-corrected chi connectivity index (χ1v) is 7.36. The second-order valence-corrected chi connectivity index (χ2v) is 5.34. The van der Waals surface area contributed by atoms with E-state index in [1.807, 2.05) is 43.3 Å². The normalized spacial score (nSPS) is 12.0. The second-order valence-electron chi connectivity index (χ2n) is 5.34. The van der Waals surface area contributed by atoms with Gasteiger partial charge in [-0.2, -0.15) is 0 Å². The van der Waals surface area contributed by atoms with Gasteiger partial charge in [-0.15, -0.1) is 0 Å². The summed E-state index contributed by atoms with van der Waals surface area (Å²) in [6, 6.07) is 15.3. The monoisotopic (exact) mass is 298 g/mol. The second kappa shape index (κ2) is 7.73. The van der Waals surface area contributed by atoms with Crippen molar-refractivity contribution in [3.05, 3.63) is 70.8 Å². The summed E-state index contributed by atoms with van der Waals surface area (Å²) in [6.45, 7) is 3.15.